The van der Waals surface area contributed by atoms with Gasteiger partial charge in [0.25, 0.3) is 0 Å². The zero-order chi connectivity index (χ0) is 33.7. The van der Waals surface area contributed by atoms with E-state index in [0.717, 1.165) is 35.9 Å². The summed E-state index contributed by atoms with van der Waals surface area (Å²) in [6.45, 7) is 12.1. The number of aryl methyl sites for hydroxylation is 1. The van der Waals surface area contributed by atoms with E-state index in [9.17, 15) is 14.0 Å². The minimum atomic E-state index is -0.818. The Balaban J connectivity index is 1.25. The first-order valence-electron chi connectivity index (χ1n) is 16.4. The van der Waals surface area contributed by atoms with Gasteiger partial charge in [-0.05, 0) is 84.6 Å². The van der Waals surface area contributed by atoms with Crippen molar-refractivity contribution in [3.63, 3.8) is 0 Å². The number of carbonyl (C=O) groups excluding carboxylic acids is 2. The molecule has 2 aliphatic heterocycles. The highest BCUT2D eigenvalue weighted by Crippen LogP contribution is 2.35. The first kappa shape index (κ1) is 34.1. The van der Waals surface area contributed by atoms with Crippen molar-refractivity contribution in [1.82, 2.24) is 14.9 Å². The summed E-state index contributed by atoms with van der Waals surface area (Å²) < 4.78 is 46.4. The average molecular weight is 651 g/mol. The molecule has 5 rings (SSSR count). The number of likely N-dealkylation sites (tertiary alicyclic amines) is 1. The number of anilines is 1. The van der Waals surface area contributed by atoms with Crippen molar-refractivity contribution in [2.24, 2.45) is 5.92 Å². The van der Waals surface area contributed by atoms with Crippen LogP contribution in [0, 0.1) is 24.5 Å². The highest BCUT2D eigenvalue weighted by atomic mass is 19.1. The Kier molecular flexibility index (Phi) is 10.6. The fourth-order valence-corrected chi connectivity index (χ4v) is 6.07. The van der Waals surface area contributed by atoms with Gasteiger partial charge in [-0.2, -0.15) is 0 Å². The van der Waals surface area contributed by atoms with Crippen LogP contribution in [0.3, 0.4) is 0 Å². The number of carbonyl (C=O) groups is 2. The van der Waals surface area contributed by atoms with Gasteiger partial charge in [0, 0.05) is 60.7 Å². The highest BCUT2D eigenvalue weighted by molar-refractivity contribution is 5.73. The Bertz CT molecular complexity index is 1580. The third kappa shape index (κ3) is 8.55. The van der Waals surface area contributed by atoms with Gasteiger partial charge in [0.2, 0.25) is 0 Å². The topological polar surface area (TPSA) is 94.1 Å². The Hall–Kier alpha value is -4.28. The van der Waals surface area contributed by atoms with Crippen molar-refractivity contribution in [2.45, 2.75) is 78.4 Å². The van der Waals surface area contributed by atoms with E-state index in [4.69, 9.17) is 24.2 Å². The molecule has 252 valence electrons. The first-order valence-corrected chi connectivity index (χ1v) is 16.4. The molecule has 2 aromatic heterocycles. The molecule has 11 heteroatoms. The molecule has 47 heavy (non-hydrogen) atoms. The van der Waals surface area contributed by atoms with Crippen molar-refractivity contribution in [3.8, 4) is 17.0 Å². The number of pyridine rings is 2. The molecule has 0 N–H and O–H groups in total. The number of ether oxygens (including phenoxy) is 3. The number of piperidine rings is 2. The summed E-state index contributed by atoms with van der Waals surface area (Å²) in [5, 5.41) is 0. The van der Waals surface area contributed by atoms with E-state index in [1.54, 1.807) is 24.0 Å². The molecule has 0 spiro atoms. The number of rotatable bonds is 8. The van der Waals surface area contributed by atoms with E-state index in [0.29, 0.717) is 57.1 Å². The highest BCUT2D eigenvalue weighted by Gasteiger charge is 2.29. The molecule has 3 aromatic rings. The van der Waals surface area contributed by atoms with Gasteiger partial charge in [-0.1, -0.05) is 12.1 Å². The van der Waals surface area contributed by atoms with Crippen LogP contribution in [0.15, 0.2) is 42.5 Å². The van der Waals surface area contributed by atoms with E-state index in [1.807, 2.05) is 45.9 Å². The summed E-state index contributed by atoms with van der Waals surface area (Å²) >= 11 is 0. The lowest BCUT2D eigenvalue weighted by atomic mass is 9.92. The van der Waals surface area contributed by atoms with E-state index >= 15 is 4.39 Å². The quantitative estimate of drug-likeness (QED) is 0.236. The van der Waals surface area contributed by atoms with Crippen LogP contribution in [0.2, 0.25) is 0 Å². The van der Waals surface area contributed by atoms with Gasteiger partial charge >= 0.3 is 12.1 Å². The number of nitrogens with zero attached hydrogens (tertiary/aromatic N) is 4. The fraction of sp³-hybridized carbons (Fsp3) is 0.500. The molecule has 0 bridgehead atoms. The van der Waals surface area contributed by atoms with Crippen molar-refractivity contribution in [1.29, 1.82) is 0 Å². The summed E-state index contributed by atoms with van der Waals surface area (Å²) in [6, 6.07) is 11.3. The van der Waals surface area contributed by atoms with Crippen molar-refractivity contribution >= 4 is 17.9 Å². The van der Waals surface area contributed by atoms with Crippen molar-refractivity contribution in [2.75, 3.05) is 37.7 Å². The number of halogens is 2. The maximum absolute atomic E-state index is 15.2. The predicted octanol–water partition coefficient (Wildman–Crippen LogP) is 7.20. The molecule has 2 aliphatic rings. The van der Waals surface area contributed by atoms with Crippen molar-refractivity contribution in [3.05, 3.63) is 71.1 Å². The zero-order valence-electron chi connectivity index (χ0n) is 27.9. The Morgan fingerprint density at radius 1 is 0.957 bits per heavy atom. The number of benzene rings is 1. The van der Waals surface area contributed by atoms with Gasteiger partial charge in [-0.3, -0.25) is 9.78 Å². The molecule has 1 aromatic carbocycles. The summed E-state index contributed by atoms with van der Waals surface area (Å²) in [7, 11) is 0. The zero-order valence-corrected chi connectivity index (χ0v) is 27.9. The van der Waals surface area contributed by atoms with Crippen LogP contribution in [0.5, 0.6) is 5.75 Å². The SMILES string of the molecule is CCOC(=O)C1CCN(c2cccc(-c3cc(F)cc(F)c3OCc3ccc(C4CCN(C(=O)OC(C)(C)C)CC4)nc3C)n2)CC1. The molecule has 2 saturated heterocycles. The normalized spacial score (nSPS) is 16.2. The lowest BCUT2D eigenvalue weighted by Gasteiger charge is -2.33. The number of hydrogen-bond donors (Lipinski definition) is 0. The van der Waals surface area contributed by atoms with Crippen LogP contribution in [0.25, 0.3) is 11.3 Å². The number of hydrogen-bond acceptors (Lipinski definition) is 8. The minimum Gasteiger partial charge on any atom is -0.485 e. The predicted molar refractivity (Wildman–Crippen MR) is 174 cm³/mol. The number of esters is 1. The largest absolute Gasteiger partial charge is 0.485 e. The summed E-state index contributed by atoms with van der Waals surface area (Å²) in [4.78, 5) is 38.0. The summed E-state index contributed by atoms with van der Waals surface area (Å²) in [5.41, 5.74) is 2.54. The first-order chi connectivity index (χ1) is 22.4. The second kappa shape index (κ2) is 14.6. The lowest BCUT2D eigenvalue weighted by molar-refractivity contribution is -0.148. The molecule has 9 nitrogen and oxygen atoms in total. The van der Waals surface area contributed by atoms with E-state index in [2.05, 4.69) is 4.90 Å². The molecule has 0 aliphatic carbocycles. The van der Waals surface area contributed by atoms with Crippen LogP contribution in [-0.4, -0.2) is 65.3 Å². The molecular formula is C36H44F2N4O5. The molecule has 0 unspecified atom stereocenters. The van der Waals surface area contributed by atoms with Crippen LogP contribution < -0.4 is 9.64 Å². The van der Waals surface area contributed by atoms with Crippen LogP contribution in [-0.2, 0) is 20.9 Å². The monoisotopic (exact) mass is 650 g/mol. The van der Waals surface area contributed by atoms with E-state index in [1.165, 1.54) is 6.07 Å². The molecule has 4 heterocycles. The van der Waals surface area contributed by atoms with E-state index < -0.39 is 17.2 Å². The Labute approximate surface area is 275 Å². The second-order valence-corrected chi connectivity index (χ2v) is 13.2. The molecule has 1 amide bonds. The molecule has 0 atom stereocenters. The van der Waals surface area contributed by atoms with Gasteiger partial charge in [0.1, 0.15) is 23.8 Å². The number of amides is 1. The van der Waals surface area contributed by atoms with Gasteiger partial charge in [0.15, 0.2) is 11.6 Å². The third-order valence-electron chi connectivity index (χ3n) is 8.61. The van der Waals surface area contributed by atoms with Gasteiger partial charge in [-0.15, -0.1) is 0 Å². The van der Waals surface area contributed by atoms with Crippen LogP contribution in [0.1, 0.15) is 76.2 Å². The van der Waals surface area contributed by atoms with Crippen LogP contribution in [0.4, 0.5) is 19.4 Å². The smallest absolute Gasteiger partial charge is 0.410 e. The summed E-state index contributed by atoms with van der Waals surface area (Å²) in [5.74, 6) is -1.09. The lowest BCUT2D eigenvalue weighted by Crippen LogP contribution is -2.41. The second-order valence-electron chi connectivity index (χ2n) is 13.2. The molecular weight excluding hydrogens is 606 g/mol. The molecule has 0 radical (unpaired) electrons. The minimum absolute atomic E-state index is 0.0345. The van der Waals surface area contributed by atoms with Gasteiger partial charge in [0.05, 0.1) is 18.2 Å². The fourth-order valence-electron chi connectivity index (χ4n) is 6.07. The van der Waals surface area contributed by atoms with Gasteiger partial charge in [-0.25, -0.2) is 18.6 Å². The standard InChI is InChI=1S/C36H44F2N4O5/c1-6-45-34(43)25-14-16-41(17-15-25)32-9-7-8-31(40-32)28-20-27(37)21-29(38)33(28)46-22-26-10-11-30(39-23(26)2)24-12-18-42(19-13-24)35(44)47-36(3,4)5/h7-11,20-21,24-25H,6,12-19,22H2,1-5H3. The maximum Gasteiger partial charge on any atom is 0.410 e. The Morgan fingerprint density at radius 3 is 2.34 bits per heavy atom. The van der Waals surface area contributed by atoms with Crippen LogP contribution >= 0.6 is 0 Å². The molecule has 0 saturated carbocycles. The van der Waals surface area contributed by atoms with Crippen molar-refractivity contribution < 1.29 is 32.6 Å². The molecule has 2 fully saturated rings. The van der Waals surface area contributed by atoms with E-state index in [-0.39, 0.29) is 41.8 Å². The maximum atomic E-state index is 15.2. The third-order valence-corrected chi connectivity index (χ3v) is 8.61. The average Bonchev–Trinajstić information content (AvgIpc) is 3.04. The number of aromatic nitrogens is 2. The Morgan fingerprint density at radius 2 is 1.68 bits per heavy atom. The van der Waals surface area contributed by atoms with Gasteiger partial charge < -0.3 is 24.0 Å². The summed E-state index contributed by atoms with van der Waals surface area (Å²) in [6.07, 6.45) is 2.55.